The summed E-state index contributed by atoms with van der Waals surface area (Å²) in [5.41, 5.74) is 0.940. The molecule has 0 aliphatic carbocycles. The number of benzene rings is 2. The molecule has 112 valence electrons. The van der Waals surface area contributed by atoms with E-state index in [1.54, 1.807) is 24.3 Å². The first-order valence-corrected chi connectivity index (χ1v) is 7.89. The first-order chi connectivity index (χ1) is 10.1. The highest BCUT2D eigenvalue weighted by Gasteiger charge is 2.10. The van der Waals surface area contributed by atoms with E-state index in [2.05, 4.69) is 28.2 Å². The Bertz CT molecular complexity index is 621. The first-order valence-electron chi connectivity index (χ1n) is 6.72. The maximum absolute atomic E-state index is 13.9. The molecule has 0 spiro atoms. The number of ether oxygens (including phenoxy) is 1. The van der Waals surface area contributed by atoms with Crippen LogP contribution in [0.2, 0.25) is 5.02 Å². The van der Waals surface area contributed by atoms with Gasteiger partial charge in [0.1, 0.15) is 5.75 Å². The molecule has 0 aliphatic rings. The Morgan fingerprint density at radius 2 is 2.00 bits per heavy atom. The summed E-state index contributed by atoms with van der Waals surface area (Å²) in [5, 5.41) is 3.85. The van der Waals surface area contributed by atoms with Gasteiger partial charge in [0.25, 0.3) is 0 Å². The van der Waals surface area contributed by atoms with Crippen LogP contribution in [0.1, 0.15) is 18.9 Å². The van der Waals surface area contributed by atoms with E-state index in [4.69, 9.17) is 16.3 Å². The third kappa shape index (κ3) is 4.70. The molecule has 0 amide bonds. The minimum absolute atomic E-state index is 0.178. The van der Waals surface area contributed by atoms with Gasteiger partial charge < -0.3 is 10.1 Å². The smallest absolute Gasteiger partial charge is 0.166 e. The van der Waals surface area contributed by atoms with E-state index >= 15 is 0 Å². The normalized spacial score (nSPS) is 10.7. The topological polar surface area (TPSA) is 21.3 Å². The quantitative estimate of drug-likeness (QED) is 0.673. The molecule has 5 heteroatoms. The van der Waals surface area contributed by atoms with Crippen LogP contribution < -0.4 is 10.1 Å². The number of hydrogen-bond acceptors (Lipinski definition) is 2. The molecule has 0 bridgehead atoms. The second kappa shape index (κ2) is 7.78. The van der Waals surface area contributed by atoms with Crippen LogP contribution in [0.4, 0.5) is 4.39 Å². The van der Waals surface area contributed by atoms with Crippen molar-refractivity contribution >= 4 is 27.5 Å². The van der Waals surface area contributed by atoms with Crippen molar-refractivity contribution in [3.63, 3.8) is 0 Å². The Hall–Kier alpha value is -1.10. The largest absolute Gasteiger partial charge is 0.454 e. The van der Waals surface area contributed by atoms with Crippen LogP contribution in [0.25, 0.3) is 0 Å². The maximum Gasteiger partial charge on any atom is 0.166 e. The van der Waals surface area contributed by atoms with Crippen LogP contribution in [0.5, 0.6) is 11.5 Å². The summed E-state index contributed by atoms with van der Waals surface area (Å²) in [6.45, 7) is 3.66. The molecule has 2 rings (SSSR count). The van der Waals surface area contributed by atoms with Gasteiger partial charge in [0.2, 0.25) is 0 Å². The lowest BCUT2D eigenvalue weighted by molar-refractivity contribution is 0.435. The molecule has 0 atom stereocenters. The van der Waals surface area contributed by atoms with Crippen molar-refractivity contribution in [3.8, 4) is 11.5 Å². The lowest BCUT2D eigenvalue weighted by Crippen LogP contribution is -2.14. The fourth-order valence-electron chi connectivity index (χ4n) is 1.85. The predicted molar refractivity (Wildman–Crippen MR) is 87.6 cm³/mol. The van der Waals surface area contributed by atoms with Gasteiger partial charge in [0, 0.05) is 21.6 Å². The van der Waals surface area contributed by atoms with Crippen LogP contribution in [0.3, 0.4) is 0 Å². The van der Waals surface area contributed by atoms with Gasteiger partial charge in [0.05, 0.1) is 0 Å². The lowest BCUT2D eigenvalue weighted by atomic mass is 10.2. The van der Waals surface area contributed by atoms with Gasteiger partial charge in [-0.15, -0.1) is 0 Å². The molecule has 0 aromatic heterocycles. The molecule has 2 aromatic carbocycles. The lowest BCUT2D eigenvalue weighted by Gasteiger charge is -2.13. The Labute approximate surface area is 137 Å². The van der Waals surface area contributed by atoms with Gasteiger partial charge in [-0.3, -0.25) is 0 Å². The Balaban J connectivity index is 2.22. The first kappa shape index (κ1) is 16.3. The average molecular weight is 373 g/mol. The van der Waals surface area contributed by atoms with Crippen LogP contribution in [-0.2, 0) is 6.54 Å². The minimum Gasteiger partial charge on any atom is -0.454 e. The molecule has 0 saturated carbocycles. The minimum atomic E-state index is -0.420. The van der Waals surface area contributed by atoms with E-state index in [1.807, 2.05) is 6.07 Å². The van der Waals surface area contributed by atoms with Crippen LogP contribution in [-0.4, -0.2) is 6.54 Å². The SMILES string of the molecule is CCCNCc1ccc(Cl)cc1Oc1ccc(Br)cc1F. The summed E-state index contributed by atoms with van der Waals surface area (Å²) in [5.74, 6) is 0.321. The Kier molecular flexibility index (Phi) is 6.03. The predicted octanol–water partition coefficient (Wildman–Crippen LogP) is 5.53. The van der Waals surface area contributed by atoms with Gasteiger partial charge in [-0.2, -0.15) is 0 Å². The zero-order chi connectivity index (χ0) is 15.2. The van der Waals surface area contributed by atoms with Crippen molar-refractivity contribution < 1.29 is 9.13 Å². The van der Waals surface area contributed by atoms with Gasteiger partial charge in [-0.05, 0) is 43.3 Å². The third-order valence-corrected chi connectivity index (χ3v) is 3.61. The summed E-state index contributed by atoms with van der Waals surface area (Å²) in [6.07, 6.45) is 1.05. The van der Waals surface area contributed by atoms with E-state index < -0.39 is 5.82 Å². The van der Waals surface area contributed by atoms with E-state index in [1.165, 1.54) is 6.07 Å². The summed E-state index contributed by atoms with van der Waals surface area (Å²) in [6, 6.07) is 10.1. The van der Waals surface area contributed by atoms with Crippen molar-refractivity contribution in [2.45, 2.75) is 19.9 Å². The standard InChI is InChI=1S/C16H16BrClFNO/c1-2-7-20-10-11-3-5-13(18)9-16(11)21-15-6-4-12(17)8-14(15)19/h3-6,8-9,20H,2,7,10H2,1H3. The van der Waals surface area contributed by atoms with Gasteiger partial charge in [0.15, 0.2) is 11.6 Å². The molecule has 0 heterocycles. The molecule has 0 radical (unpaired) electrons. The molecule has 21 heavy (non-hydrogen) atoms. The van der Waals surface area contributed by atoms with Crippen LogP contribution >= 0.6 is 27.5 Å². The van der Waals surface area contributed by atoms with Crippen LogP contribution in [0, 0.1) is 5.82 Å². The second-order valence-electron chi connectivity index (χ2n) is 4.61. The third-order valence-electron chi connectivity index (χ3n) is 2.89. The van der Waals surface area contributed by atoms with Gasteiger partial charge in [-0.1, -0.05) is 40.5 Å². The number of hydrogen-bond donors (Lipinski definition) is 1. The zero-order valence-electron chi connectivity index (χ0n) is 11.6. The molecule has 1 N–H and O–H groups in total. The fraction of sp³-hybridized carbons (Fsp3) is 0.250. The summed E-state index contributed by atoms with van der Waals surface area (Å²) < 4.78 is 20.2. The molecular formula is C16H16BrClFNO. The summed E-state index contributed by atoms with van der Waals surface area (Å²) in [7, 11) is 0. The number of rotatable bonds is 6. The molecule has 0 unspecified atom stereocenters. The maximum atomic E-state index is 13.9. The number of nitrogens with one attached hydrogen (secondary N) is 1. The monoisotopic (exact) mass is 371 g/mol. The molecule has 2 nitrogen and oxygen atoms in total. The second-order valence-corrected chi connectivity index (χ2v) is 5.96. The molecule has 0 fully saturated rings. The van der Waals surface area contributed by atoms with Crippen molar-refractivity contribution in [2.24, 2.45) is 0 Å². The van der Waals surface area contributed by atoms with Crippen molar-refractivity contribution in [1.29, 1.82) is 0 Å². The Morgan fingerprint density at radius 3 is 2.71 bits per heavy atom. The highest BCUT2D eigenvalue weighted by molar-refractivity contribution is 9.10. The van der Waals surface area contributed by atoms with E-state index in [9.17, 15) is 4.39 Å². The van der Waals surface area contributed by atoms with Crippen LogP contribution in [0.15, 0.2) is 40.9 Å². The van der Waals surface area contributed by atoms with Crippen molar-refractivity contribution in [3.05, 3.63) is 57.3 Å². The van der Waals surface area contributed by atoms with E-state index in [0.29, 0.717) is 21.8 Å². The fourth-order valence-corrected chi connectivity index (χ4v) is 2.34. The Morgan fingerprint density at radius 1 is 1.19 bits per heavy atom. The van der Waals surface area contributed by atoms with Crippen molar-refractivity contribution in [1.82, 2.24) is 5.32 Å². The molecular weight excluding hydrogens is 357 g/mol. The van der Waals surface area contributed by atoms with Crippen molar-refractivity contribution in [2.75, 3.05) is 6.54 Å². The van der Waals surface area contributed by atoms with E-state index in [0.717, 1.165) is 18.5 Å². The highest BCUT2D eigenvalue weighted by Crippen LogP contribution is 2.31. The summed E-state index contributed by atoms with van der Waals surface area (Å²) in [4.78, 5) is 0. The average Bonchev–Trinajstić information content (AvgIpc) is 2.44. The van der Waals surface area contributed by atoms with E-state index in [-0.39, 0.29) is 5.75 Å². The van der Waals surface area contributed by atoms with Gasteiger partial charge in [-0.25, -0.2) is 4.39 Å². The molecule has 0 aliphatic heterocycles. The molecule has 0 saturated heterocycles. The summed E-state index contributed by atoms with van der Waals surface area (Å²) >= 11 is 9.23. The zero-order valence-corrected chi connectivity index (χ0v) is 14.0. The van der Waals surface area contributed by atoms with Gasteiger partial charge >= 0.3 is 0 Å². The molecule has 2 aromatic rings. The number of halogens is 3. The highest BCUT2D eigenvalue weighted by atomic mass is 79.9.